The smallest absolute Gasteiger partial charge is 0.268 e. The number of ether oxygens (including phenoxy) is 1. The second-order valence-electron chi connectivity index (χ2n) is 7.12. The summed E-state index contributed by atoms with van der Waals surface area (Å²) in [4.78, 5) is 28.5. The highest BCUT2D eigenvalue weighted by atomic mass is 32.1. The van der Waals surface area contributed by atoms with Crippen LogP contribution in [0.4, 0.5) is 0 Å². The second-order valence-corrected chi connectivity index (χ2v) is 7.97. The first-order chi connectivity index (χ1) is 13.4. The minimum absolute atomic E-state index is 0.0879. The van der Waals surface area contributed by atoms with Crippen LogP contribution in [0.15, 0.2) is 28.4 Å². The number of carbonyl (C=O) groups excluding carboxylic acids is 1. The average Bonchev–Trinajstić information content (AvgIpc) is 3.15. The topological polar surface area (TPSA) is 87.2 Å². The molecule has 1 radical (unpaired) electrons. The van der Waals surface area contributed by atoms with Crippen molar-refractivity contribution in [1.29, 1.82) is 0 Å². The maximum atomic E-state index is 12.9. The Hall–Kier alpha value is -2.67. The number of carbonyl (C=O) groups is 1. The number of pyridine rings is 1. The summed E-state index contributed by atoms with van der Waals surface area (Å²) in [5.41, 5.74) is 6.25. The number of nitrogens with two attached hydrogens (primary N) is 1. The van der Waals surface area contributed by atoms with Gasteiger partial charge in [0, 0.05) is 22.9 Å². The zero-order valence-corrected chi connectivity index (χ0v) is 17.1. The fourth-order valence-electron chi connectivity index (χ4n) is 2.87. The molecular formula is C21H24N3O3S. The van der Waals surface area contributed by atoms with Gasteiger partial charge in [0.05, 0.1) is 12.0 Å². The van der Waals surface area contributed by atoms with Crippen molar-refractivity contribution in [2.75, 3.05) is 6.61 Å². The van der Waals surface area contributed by atoms with E-state index in [1.54, 1.807) is 16.0 Å². The predicted molar refractivity (Wildman–Crippen MR) is 112 cm³/mol. The van der Waals surface area contributed by atoms with E-state index in [1.807, 2.05) is 12.1 Å². The van der Waals surface area contributed by atoms with Crippen LogP contribution in [0.5, 0.6) is 5.75 Å². The Kier molecular flexibility index (Phi) is 6.14. The Labute approximate surface area is 168 Å². The molecule has 2 heterocycles. The monoisotopic (exact) mass is 398 g/mol. The highest BCUT2D eigenvalue weighted by molar-refractivity contribution is 7.13. The molecule has 3 rings (SSSR count). The predicted octanol–water partition coefficient (Wildman–Crippen LogP) is 3.86. The van der Waals surface area contributed by atoms with Crippen LogP contribution < -0.4 is 16.0 Å². The normalized spacial score (nSPS) is 11.3. The molecule has 0 unspecified atom stereocenters. The van der Waals surface area contributed by atoms with Crippen molar-refractivity contribution in [3.05, 3.63) is 45.8 Å². The summed E-state index contributed by atoms with van der Waals surface area (Å²) in [6, 6.07) is 5.50. The number of unbranched alkanes of at least 4 members (excludes halogenated alkanes) is 1. The van der Waals surface area contributed by atoms with E-state index in [-0.39, 0.29) is 11.3 Å². The summed E-state index contributed by atoms with van der Waals surface area (Å²) < 4.78 is 7.56. The minimum Gasteiger partial charge on any atom is -0.491 e. The first-order valence-corrected chi connectivity index (χ1v) is 10.3. The molecule has 0 atom stereocenters. The molecule has 147 valence electrons. The van der Waals surface area contributed by atoms with Gasteiger partial charge in [-0.15, -0.1) is 11.3 Å². The van der Waals surface area contributed by atoms with Crippen LogP contribution in [0, 0.1) is 12.1 Å². The van der Waals surface area contributed by atoms with E-state index in [0.717, 1.165) is 18.4 Å². The number of nitrogens with zero attached hydrogens (tertiary/aromatic N) is 2. The highest BCUT2D eigenvalue weighted by Gasteiger charge is 2.15. The number of primary amides is 1. The molecule has 0 fully saturated rings. The third kappa shape index (κ3) is 4.25. The van der Waals surface area contributed by atoms with Gasteiger partial charge in [-0.1, -0.05) is 33.3 Å². The molecule has 1 aromatic carbocycles. The molecule has 0 aliphatic heterocycles. The van der Waals surface area contributed by atoms with Gasteiger partial charge in [-0.05, 0) is 24.5 Å². The molecule has 0 saturated carbocycles. The summed E-state index contributed by atoms with van der Waals surface area (Å²) in [7, 11) is 0. The summed E-state index contributed by atoms with van der Waals surface area (Å²) in [5.74, 6) is 0.325. The van der Waals surface area contributed by atoms with E-state index < -0.39 is 5.91 Å². The number of aromatic nitrogens is 2. The number of benzene rings is 1. The van der Waals surface area contributed by atoms with Crippen LogP contribution in [0.2, 0.25) is 0 Å². The second kappa shape index (κ2) is 8.56. The molecule has 1 amide bonds. The van der Waals surface area contributed by atoms with Crippen molar-refractivity contribution < 1.29 is 9.53 Å². The molecule has 2 N–H and O–H groups in total. The molecule has 0 aliphatic rings. The lowest BCUT2D eigenvalue weighted by atomic mass is 10.1. The summed E-state index contributed by atoms with van der Waals surface area (Å²) in [6.07, 6.45) is 5.08. The maximum Gasteiger partial charge on any atom is 0.268 e. The number of hydrogen-bond acceptors (Lipinski definition) is 5. The van der Waals surface area contributed by atoms with Crippen molar-refractivity contribution in [3.63, 3.8) is 0 Å². The van der Waals surface area contributed by atoms with Crippen LogP contribution >= 0.6 is 11.3 Å². The maximum absolute atomic E-state index is 12.9. The fourth-order valence-corrected chi connectivity index (χ4v) is 3.68. The average molecular weight is 399 g/mol. The third-order valence-electron chi connectivity index (χ3n) is 4.27. The van der Waals surface area contributed by atoms with E-state index in [2.05, 4.69) is 32.0 Å². The standard InChI is InChI=1S/C21H24N3O3S/c1-4-5-8-27-18-11-24(10-13(2)3)21(26)15-7-6-14(9-16(15)18)20-23-17(12-28-20)19(22)25/h6-7,9,12-13H,4-5,8,10H2,1-3H3,(H2,22,25). The van der Waals surface area contributed by atoms with Gasteiger partial charge < -0.3 is 15.0 Å². The summed E-state index contributed by atoms with van der Waals surface area (Å²) in [5, 5.41) is 3.59. The zero-order valence-electron chi connectivity index (χ0n) is 16.3. The van der Waals surface area contributed by atoms with Gasteiger partial charge in [0.2, 0.25) is 0 Å². The Bertz CT molecular complexity index is 1050. The zero-order chi connectivity index (χ0) is 20.3. The van der Waals surface area contributed by atoms with Gasteiger partial charge >= 0.3 is 0 Å². The molecule has 0 bridgehead atoms. The number of hydrogen-bond donors (Lipinski definition) is 1. The van der Waals surface area contributed by atoms with Gasteiger partial charge in [0.25, 0.3) is 11.5 Å². The van der Waals surface area contributed by atoms with E-state index in [9.17, 15) is 9.59 Å². The molecule has 7 heteroatoms. The quantitative estimate of drug-likeness (QED) is 0.584. The molecule has 3 aromatic rings. The Morgan fingerprint density at radius 2 is 2.14 bits per heavy atom. The first kappa shape index (κ1) is 20.1. The number of rotatable bonds is 8. The Balaban J connectivity index is 2.12. The first-order valence-electron chi connectivity index (χ1n) is 9.39. The Morgan fingerprint density at radius 3 is 2.79 bits per heavy atom. The fraction of sp³-hybridized carbons (Fsp3) is 0.381. The van der Waals surface area contributed by atoms with Crippen LogP contribution in [0.1, 0.15) is 44.1 Å². The lowest BCUT2D eigenvalue weighted by Gasteiger charge is -2.14. The highest BCUT2D eigenvalue weighted by Crippen LogP contribution is 2.30. The minimum atomic E-state index is -0.559. The SMILES string of the molecule is CCCCOc1[c]n(CC(C)C)c(=O)c2ccc(-c3nc(C(N)=O)cs3)cc12. The van der Waals surface area contributed by atoms with Crippen molar-refractivity contribution in [2.24, 2.45) is 11.7 Å². The lowest BCUT2D eigenvalue weighted by Crippen LogP contribution is -2.23. The third-order valence-corrected chi connectivity index (χ3v) is 5.16. The lowest BCUT2D eigenvalue weighted by molar-refractivity contribution is 0.0996. The molecule has 0 aliphatic carbocycles. The Morgan fingerprint density at radius 1 is 1.36 bits per heavy atom. The molecule has 6 nitrogen and oxygen atoms in total. The molecule has 0 spiro atoms. The van der Waals surface area contributed by atoms with Gasteiger partial charge in [0.15, 0.2) is 5.75 Å². The number of amides is 1. The largest absolute Gasteiger partial charge is 0.491 e. The van der Waals surface area contributed by atoms with Gasteiger partial charge in [0.1, 0.15) is 16.9 Å². The van der Waals surface area contributed by atoms with Crippen molar-refractivity contribution >= 4 is 28.0 Å². The number of thiazole rings is 1. The molecule has 0 saturated heterocycles. The van der Waals surface area contributed by atoms with Crippen molar-refractivity contribution in [2.45, 2.75) is 40.2 Å². The summed E-state index contributed by atoms with van der Waals surface area (Å²) in [6.45, 7) is 7.36. The molecular weight excluding hydrogens is 374 g/mol. The van der Waals surface area contributed by atoms with Gasteiger partial charge in [-0.2, -0.15) is 0 Å². The van der Waals surface area contributed by atoms with Crippen LogP contribution in [-0.2, 0) is 6.54 Å². The van der Waals surface area contributed by atoms with Crippen molar-refractivity contribution in [3.8, 4) is 16.3 Å². The van der Waals surface area contributed by atoms with E-state index in [4.69, 9.17) is 10.5 Å². The van der Waals surface area contributed by atoms with Crippen molar-refractivity contribution in [1.82, 2.24) is 9.55 Å². The number of fused-ring (bicyclic) bond motifs is 1. The molecule has 2 aromatic heterocycles. The summed E-state index contributed by atoms with van der Waals surface area (Å²) >= 11 is 1.34. The van der Waals surface area contributed by atoms with E-state index >= 15 is 0 Å². The van der Waals surface area contributed by atoms with Crippen LogP contribution in [-0.4, -0.2) is 22.1 Å². The van der Waals surface area contributed by atoms with Crippen LogP contribution in [0.3, 0.4) is 0 Å². The molecule has 28 heavy (non-hydrogen) atoms. The van der Waals surface area contributed by atoms with E-state index in [1.165, 1.54) is 11.3 Å². The van der Waals surface area contributed by atoms with Crippen LogP contribution in [0.25, 0.3) is 21.3 Å². The van der Waals surface area contributed by atoms with Gasteiger partial charge in [-0.3, -0.25) is 9.59 Å². The van der Waals surface area contributed by atoms with E-state index in [0.29, 0.717) is 40.6 Å². The van der Waals surface area contributed by atoms with Gasteiger partial charge in [-0.25, -0.2) is 4.98 Å².